The van der Waals surface area contributed by atoms with Gasteiger partial charge in [0.05, 0.1) is 10.4 Å². The van der Waals surface area contributed by atoms with Crippen molar-refractivity contribution in [1.29, 1.82) is 0 Å². The molecule has 1 aromatic rings. The zero-order chi connectivity index (χ0) is 13.9. The van der Waals surface area contributed by atoms with Crippen LogP contribution >= 0.6 is 39.0 Å². The maximum absolute atomic E-state index is 12.2. The normalized spacial score (nSPS) is 20.6. The molecule has 2 heterocycles. The van der Waals surface area contributed by atoms with E-state index in [9.17, 15) is 8.42 Å². The van der Waals surface area contributed by atoms with Crippen molar-refractivity contribution in [2.75, 3.05) is 12.3 Å². The fourth-order valence-corrected chi connectivity index (χ4v) is 6.87. The van der Waals surface area contributed by atoms with Gasteiger partial charge in [0.2, 0.25) is 10.0 Å². The lowest BCUT2D eigenvalue weighted by Crippen LogP contribution is -2.31. The quantitative estimate of drug-likeness (QED) is 0.817. The minimum Gasteiger partial charge on any atom is -0.391 e. The molecule has 1 fully saturated rings. The number of hydrogen-bond donors (Lipinski definition) is 2. The topological polar surface area (TPSA) is 66.4 Å². The molecule has 0 aliphatic carbocycles. The average Bonchev–Trinajstić information content (AvgIpc) is 2.80. The maximum Gasteiger partial charge on any atom is 0.242 e. The van der Waals surface area contributed by atoms with Crippen molar-refractivity contribution >= 4 is 49.1 Å². The average molecular weight is 386 g/mol. The number of halogens is 1. The van der Waals surface area contributed by atoms with Gasteiger partial charge in [-0.05, 0) is 40.6 Å². The second-order valence-electron chi connectivity index (χ2n) is 4.35. The smallest absolute Gasteiger partial charge is 0.242 e. The van der Waals surface area contributed by atoms with Crippen LogP contribution in [0.5, 0.6) is 0 Å². The summed E-state index contributed by atoms with van der Waals surface area (Å²) in [4.78, 5) is 0.863. The lowest BCUT2D eigenvalue weighted by atomic mass is 10.2. The van der Waals surface area contributed by atoms with E-state index >= 15 is 0 Å². The molecule has 1 saturated heterocycles. The molecule has 0 amide bonds. The van der Waals surface area contributed by atoms with Crippen LogP contribution in [0.2, 0.25) is 0 Å². The summed E-state index contributed by atoms with van der Waals surface area (Å²) < 4.78 is 27.6. The molecule has 8 heteroatoms. The third kappa shape index (κ3) is 4.18. The van der Waals surface area contributed by atoms with Crippen molar-refractivity contribution in [1.82, 2.24) is 4.72 Å². The molecule has 1 aliphatic rings. The second-order valence-corrected chi connectivity index (χ2v) is 9.95. The highest BCUT2D eigenvalue weighted by atomic mass is 79.9. The Balaban J connectivity index is 2.02. The summed E-state index contributed by atoms with van der Waals surface area (Å²) in [5.74, 6) is 1.11. The van der Waals surface area contributed by atoms with Crippen molar-refractivity contribution in [2.45, 2.75) is 36.0 Å². The molecule has 0 spiro atoms. The van der Waals surface area contributed by atoms with Crippen LogP contribution in [0.25, 0.3) is 0 Å². The summed E-state index contributed by atoms with van der Waals surface area (Å²) in [6, 6.07) is 1.52. The number of aliphatic hydroxyl groups excluding tert-OH is 1. The zero-order valence-electron chi connectivity index (χ0n) is 10.3. The monoisotopic (exact) mass is 385 g/mol. The lowest BCUT2D eigenvalue weighted by molar-refractivity contribution is 0.285. The fourth-order valence-electron chi connectivity index (χ4n) is 1.91. The van der Waals surface area contributed by atoms with Crippen molar-refractivity contribution in [2.24, 2.45) is 0 Å². The molecule has 1 unspecified atom stereocenters. The van der Waals surface area contributed by atoms with Crippen molar-refractivity contribution in [3.05, 3.63) is 14.7 Å². The van der Waals surface area contributed by atoms with Gasteiger partial charge >= 0.3 is 0 Å². The summed E-state index contributed by atoms with van der Waals surface area (Å²) in [6.07, 6.45) is 3.47. The summed E-state index contributed by atoms with van der Waals surface area (Å²) >= 11 is 6.32. The summed E-state index contributed by atoms with van der Waals surface area (Å²) in [5.41, 5.74) is 0. The summed E-state index contributed by atoms with van der Waals surface area (Å²) in [7, 11) is -3.49. The molecular weight excluding hydrogens is 370 g/mol. The highest BCUT2D eigenvalue weighted by Gasteiger charge is 2.23. The predicted molar refractivity (Wildman–Crippen MR) is 83.2 cm³/mol. The first-order valence-corrected chi connectivity index (χ1v) is 10.2. The Morgan fingerprint density at radius 3 is 2.84 bits per heavy atom. The maximum atomic E-state index is 12.2. The molecule has 0 saturated carbocycles. The summed E-state index contributed by atoms with van der Waals surface area (Å²) in [6.45, 7) is 0.334. The van der Waals surface area contributed by atoms with Gasteiger partial charge < -0.3 is 5.11 Å². The third-order valence-electron chi connectivity index (χ3n) is 2.93. The molecule has 19 heavy (non-hydrogen) atoms. The SMILES string of the molecule is O=S(=O)(NCC1CCCCS1)c1cc(CO)sc1Br. The van der Waals surface area contributed by atoms with Crippen LogP contribution < -0.4 is 4.72 Å². The number of thioether (sulfide) groups is 1. The number of aliphatic hydroxyl groups is 1. The molecule has 1 atom stereocenters. The predicted octanol–water partition coefficient (Wildman–Crippen LogP) is 2.57. The van der Waals surface area contributed by atoms with E-state index in [-0.39, 0.29) is 11.5 Å². The minimum absolute atomic E-state index is 0.142. The van der Waals surface area contributed by atoms with E-state index in [4.69, 9.17) is 5.11 Å². The molecule has 0 radical (unpaired) electrons. The van der Waals surface area contributed by atoms with Crippen LogP contribution in [0.15, 0.2) is 14.7 Å². The van der Waals surface area contributed by atoms with E-state index in [1.807, 2.05) is 11.8 Å². The van der Waals surface area contributed by atoms with Gasteiger partial charge in [-0.3, -0.25) is 0 Å². The van der Waals surface area contributed by atoms with Crippen molar-refractivity contribution in [3.63, 3.8) is 0 Å². The Morgan fingerprint density at radius 1 is 1.47 bits per heavy atom. The van der Waals surface area contributed by atoms with Crippen LogP contribution in [0.4, 0.5) is 0 Å². The van der Waals surface area contributed by atoms with Crippen LogP contribution in [-0.2, 0) is 16.6 Å². The Labute approximate surface area is 130 Å². The fraction of sp³-hybridized carbons (Fsp3) is 0.636. The van der Waals surface area contributed by atoms with E-state index in [1.54, 1.807) is 0 Å². The number of nitrogens with one attached hydrogen (secondary N) is 1. The van der Waals surface area contributed by atoms with Crippen molar-refractivity contribution in [3.8, 4) is 0 Å². The molecule has 0 aromatic carbocycles. The van der Waals surface area contributed by atoms with Gasteiger partial charge in [0.1, 0.15) is 4.90 Å². The molecule has 108 valence electrons. The van der Waals surface area contributed by atoms with E-state index in [2.05, 4.69) is 20.7 Å². The lowest BCUT2D eigenvalue weighted by Gasteiger charge is -2.21. The van der Waals surface area contributed by atoms with Crippen LogP contribution in [0.3, 0.4) is 0 Å². The summed E-state index contributed by atoms with van der Waals surface area (Å²) in [5, 5.41) is 9.42. The third-order valence-corrected chi connectivity index (χ3v) is 7.99. The van der Waals surface area contributed by atoms with E-state index in [0.717, 1.165) is 12.2 Å². The zero-order valence-corrected chi connectivity index (χ0v) is 14.3. The van der Waals surface area contributed by atoms with E-state index in [0.29, 0.717) is 20.5 Å². The van der Waals surface area contributed by atoms with Crippen LogP contribution in [-0.4, -0.2) is 31.1 Å². The first-order valence-electron chi connectivity index (χ1n) is 6.03. The van der Waals surface area contributed by atoms with Gasteiger partial charge in [-0.25, -0.2) is 13.1 Å². The standard InChI is InChI=1S/C11H16BrNO3S3/c12-11-10(5-9(7-14)18-11)19(15,16)13-6-8-3-1-2-4-17-8/h5,8,13-14H,1-4,6-7H2. The van der Waals surface area contributed by atoms with Gasteiger partial charge in [0.15, 0.2) is 0 Å². The molecule has 0 bridgehead atoms. The largest absolute Gasteiger partial charge is 0.391 e. The Kier molecular flexibility index (Phi) is 5.74. The molecule has 4 nitrogen and oxygen atoms in total. The highest BCUT2D eigenvalue weighted by Crippen LogP contribution is 2.32. The molecule has 1 aromatic heterocycles. The van der Waals surface area contributed by atoms with Gasteiger partial charge in [0, 0.05) is 16.7 Å². The second kappa shape index (κ2) is 6.91. The first-order chi connectivity index (χ1) is 9.03. The van der Waals surface area contributed by atoms with Crippen molar-refractivity contribution < 1.29 is 13.5 Å². The number of rotatable bonds is 5. The van der Waals surface area contributed by atoms with Gasteiger partial charge in [-0.1, -0.05) is 6.42 Å². The van der Waals surface area contributed by atoms with E-state index < -0.39 is 10.0 Å². The number of sulfonamides is 1. The number of thiophene rings is 1. The van der Waals surface area contributed by atoms with Gasteiger partial charge in [-0.15, -0.1) is 11.3 Å². The van der Waals surface area contributed by atoms with Gasteiger partial charge in [-0.2, -0.15) is 11.8 Å². The van der Waals surface area contributed by atoms with E-state index in [1.165, 1.54) is 30.2 Å². The molecule has 2 rings (SSSR count). The first kappa shape index (κ1) is 15.8. The van der Waals surface area contributed by atoms with Gasteiger partial charge in [0.25, 0.3) is 0 Å². The Hall–Kier alpha value is 0.400. The highest BCUT2D eigenvalue weighted by molar-refractivity contribution is 9.11. The molecule has 1 aliphatic heterocycles. The Bertz CT molecular complexity index is 523. The molecular formula is C11H16BrNO3S3. The minimum atomic E-state index is -3.49. The van der Waals surface area contributed by atoms with Crippen LogP contribution in [0, 0.1) is 0 Å². The number of hydrogen-bond acceptors (Lipinski definition) is 5. The Morgan fingerprint density at radius 2 is 2.26 bits per heavy atom. The molecule has 2 N–H and O–H groups in total. The van der Waals surface area contributed by atoms with Crippen LogP contribution in [0.1, 0.15) is 24.1 Å².